The van der Waals surface area contributed by atoms with Crippen molar-refractivity contribution in [2.24, 2.45) is 11.8 Å². The van der Waals surface area contributed by atoms with Crippen LogP contribution in [0.3, 0.4) is 0 Å². The maximum absolute atomic E-state index is 13.7. The molecule has 2 aromatic carbocycles. The molecule has 1 heterocycles. The van der Waals surface area contributed by atoms with E-state index < -0.39 is 29.8 Å². The number of aliphatic hydroxyl groups is 1. The molecule has 1 aromatic heterocycles. The summed E-state index contributed by atoms with van der Waals surface area (Å²) in [5.74, 6) is -0.168. The summed E-state index contributed by atoms with van der Waals surface area (Å²) in [5.41, 5.74) is 1.27. The van der Waals surface area contributed by atoms with E-state index in [0.29, 0.717) is 18.7 Å². The fraction of sp³-hybridized carbons (Fsp3) is 0.438. The number of alkyl carbamates (subject to hydrolysis) is 1. The van der Waals surface area contributed by atoms with E-state index in [-0.39, 0.29) is 24.3 Å². The molecule has 0 saturated heterocycles. The summed E-state index contributed by atoms with van der Waals surface area (Å²) in [6.07, 6.45) is 4.57. The summed E-state index contributed by atoms with van der Waals surface area (Å²) in [6.45, 7) is 9.34. The third-order valence-electron chi connectivity index (χ3n) is 6.58. The quantitative estimate of drug-likeness (QED) is 0.226. The number of aliphatic hydroxyl groups excluding tert-OH is 1. The first-order valence-corrected chi connectivity index (χ1v) is 14.1. The highest BCUT2D eigenvalue weighted by molar-refractivity contribution is 5.79. The molecule has 0 aliphatic rings. The van der Waals surface area contributed by atoms with Crippen molar-refractivity contribution >= 4 is 18.1 Å². The summed E-state index contributed by atoms with van der Waals surface area (Å²) in [4.78, 5) is 30.6. The van der Waals surface area contributed by atoms with Crippen LogP contribution in [0.15, 0.2) is 73.1 Å². The first-order valence-electron chi connectivity index (χ1n) is 14.1. The second kappa shape index (κ2) is 15.1. The largest absolute Gasteiger partial charge is 0.444 e. The number of allylic oxidation sites excluding steroid dienone is 1. The van der Waals surface area contributed by atoms with E-state index in [9.17, 15) is 14.7 Å². The number of ether oxygens (including phenoxy) is 1. The molecular weight excluding hydrogens is 518 g/mol. The highest BCUT2D eigenvalue weighted by atomic mass is 16.6. The minimum Gasteiger partial charge on any atom is -0.444 e. The zero-order valence-electron chi connectivity index (χ0n) is 24.6. The summed E-state index contributed by atoms with van der Waals surface area (Å²) in [6, 6.07) is 18.4. The molecule has 41 heavy (non-hydrogen) atoms. The van der Waals surface area contributed by atoms with Crippen LogP contribution in [-0.2, 0) is 16.0 Å². The molecular formula is C32H43N5O4. The molecule has 220 valence electrons. The van der Waals surface area contributed by atoms with Crippen LogP contribution in [0.4, 0.5) is 4.79 Å². The van der Waals surface area contributed by atoms with Crippen LogP contribution in [0.25, 0.3) is 6.08 Å². The Morgan fingerprint density at radius 3 is 2.27 bits per heavy atom. The number of H-pyrrole nitrogens is 1. The summed E-state index contributed by atoms with van der Waals surface area (Å²) in [5, 5.41) is 24.2. The van der Waals surface area contributed by atoms with Crippen molar-refractivity contribution in [2.45, 2.75) is 77.7 Å². The zero-order chi connectivity index (χ0) is 29.8. The molecule has 3 rings (SSSR count). The SMILES string of the molecule is CC(C)[C@H](NC(=O)[C@H](C/C=C/c1ccccc1)C[C@H](O)[C@H](Cc1ccccc1)NC(=O)OC(C)(C)C)c1ncn[nH]1. The number of aromatic amines is 1. The minimum absolute atomic E-state index is 0.0528. The molecule has 4 atom stereocenters. The lowest BCUT2D eigenvalue weighted by atomic mass is 9.90. The van der Waals surface area contributed by atoms with Gasteiger partial charge in [0.05, 0.1) is 18.2 Å². The second-order valence-corrected chi connectivity index (χ2v) is 11.6. The van der Waals surface area contributed by atoms with Gasteiger partial charge in [0, 0.05) is 5.92 Å². The van der Waals surface area contributed by atoms with Crippen molar-refractivity contribution in [3.05, 3.63) is 90.0 Å². The Balaban J connectivity index is 1.82. The van der Waals surface area contributed by atoms with Gasteiger partial charge in [-0.2, -0.15) is 5.10 Å². The van der Waals surface area contributed by atoms with Crippen LogP contribution < -0.4 is 10.6 Å². The van der Waals surface area contributed by atoms with Gasteiger partial charge in [0.25, 0.3) is 0 Å². The predicted molar refractivity (Wildman–Crippen MR) is 160 cm³/mol. The summed E-state index contributed by atoms with van der Waals surface area (Å²) >= 11 is 0. The maximum Gasteiger partial charge on any atom is 0.407 e. The Bertz CT molecular complexity index is 1220. The molecule has 3 aromatic rings. The molecule has 4 N–H and O–H groups in total. The van der Waals surface area contributed by atoms with Gasteiger partial charge in [0.15, 0.2) is 0 Å². The van der Waals surface area contributed by atoms with E-state index in [4.69, 9.17) is 4.74 Å². The predicted octanol–water partition coefficient (Wildman–Crippen LogP) is 5.22. The Morgan fingerprint density at radius 1 is 1.02 bits per heavy atom. The number of rotatable bonds is 13. The summed E-state index contributed by atoms with van der Waals surface area (Å²) < 4.78 is 5.47. The molecule has 0 radical (unpaired) electrons. The fourth-order valence-corrected chi connectivity index (χ4v) is 4.50. The molecule has 0 saturated carbocycles. The van der Waals surface area contributed by atoms with Gasteiger partial charge in [-0.25, -0.2) is 9.78 Å². The van der Waals surface area contributed by atoms with E-state index in [2.05, 4.69) is 25.8 Å². The highest BCUT2D eigenvalue weighted by Crippen LogP contribution is 2.23. The molecule has 0 aliphatic carbocycles. The Hall–Kier alpha value is -3.98. The van der Waals surface area contributed by atoms with Gasteiger partial charge in [0.2, 0.25) is 5.91 Å². The number of carbonyl (C=O) groups excluding carboxylic acids is 2. The van der Waals surface area contributed by atoms with Crippen molar-refractivity contribution in [3.63, 3.8) is 0 Å². The number of benzene rings is 2. The fourth-order valence-electron chi connectivity index (χ4n) is 4.50. The number of hydrogen-bond donors (Lipinski definition) is 4. The topological polar surface area (TPSA) is 129 Å². The van der Waals surface area contributed by atoms with Crippen molar-refractivity contribution in [3.8, 4) is 0 Å². The van der Waals surface area contributed by atoms with E-state index >= 15 is 0 Å². The van der Waals surface area contributed by atoms with Gasteiger partial charge >= 0.3 is 6.09 Å². The van der Waals surface area contributed by atoms with Crippen LogP contribution >= 0.6 is 0 Å². The average Bonchev–Trinajstić information content (AvgIpc) is 3.45. The first kappa shape index (κ1) is 31.5. The molecule has 0 fully saturated rings. The average molecular weight is 562 g/mol. The van der Waals surface area contributed by atoms with Crippen LogP contribution in [-0.4, -0.2) is 50.0 Å². The molecule has 0 bridgehead atoms. The van der Waals surface area contributed by atoms with Gasteiger partial charge in [-0.3, -0.25) is 9.89 Å². The van der Waals surface area contributed by atoms with E-state index in [1.165, 1.54) is 6.33 Å². The van der Waals surface area contributed by atoms with Crippen molar-refractivity contribution in [1.82, 2.24) is 25.8 Å². The van der Waals surface area contributed by atoms with Crippen molar-refractivity contribution in [1.29, 1.82) is 0 Å². The van der Waals surface area contributed by atoms with Gasteiger partial charge in [0.1, 0.15) is 17.8 Å². The van der Waals surface area contributed by atoms with E-state index in [1.807, 2.05) is 86.7 Å². The van der Waals surface area contributed by atoms with E-state index in [1.54, 1.807) is 20.8 Å². The highest BCUT2D eigenvalue weighted by Gasteiger charge is 2.31. The number of aromatic nitrogens is 3. The normalized spacial score (nSPS) is 14.8. The Kier molecular flexibility index (Phi) is 11.6. The lowest BCUT2D eigenvalue weighted by Gasteiger charge is -2.29. The Labute approximate surface area is 242 Å². The van der Waals surface area contributed by atoms with Gasteiger partial charge in [-0.15, -0.1) is 0 Å². The maximum atomic E-state index is 13.7. The molecule has 0 aliphatic heterocycles. The Morgan fingerprint density at radius 2 is 1.68 bits per heavy atom. The molecule has 0 spiro atoms. The van der Waals surface area contributed by atoms with Crippen molar-refractivity contribution < 1.29 is 19.4 Å². The molecule has 0 unspecified atom stereocenters. The summed E-state index contributed by atoms with van der Waals surface area (Å²) in [7, 11) is 0. The third-order valence-corrected chi connectivity index (χ3v) is 6.58. The van der Waals surface area contributed by atoms with Crippen LogP contribution in [0.5, 0.6) is 0 Å². The van der Waals surface area contributed by atoms with Gasteiger partial charge < -0.3 is 20.5 Å². The minimum atomic E-state index is -1.02. The zero-order valence-corrected chi connectivity index (χ0v) is 24.6. The van der Waals surface area contributed by atoms with Crippen molar-refractivity contribution in [2.75, 3.05) is 0 Å². The van der Waals surface area contributed by atoms with Gasteiger partial charge in [-0.1, -0.05) is 86.7 Å². The first-order chi connectivity index (χ1) is 19.5. The van der Waals surface area contributed by atoms with Crippen LogP contribution in [0.2, 0.25) is 0 Å². The standard InChI is InChI=1S/C32H43N5O4/c1-22(2)28(29-33-21-34-37-29)36-30(39)25(18-12-17-23-13-8-6-9-14-23)20-27(38)26(19-24-15-10-7-11-16-24)35-31(40)41-32(3,4)5/h6-17,21-22,25-28,38H,18-20H2,1-5H3,(H,35,40)(H,36,39)(H,33,34,37)/b17-12+/t25-,26+,27+,28+/m1/s1. The lowest BCUT2D eigenvalue weighted by molar-refractivity contribution is -0.127. The van der Waals surface area contributed by atoms with Crippen LogP contribution in [0.1, 0.15) is 70.5 Å². The molecule has 9 heteroatoms. The molecule has 9 nitrogen and oxygen atoms in total. The molecule has 2 amide bonds. The van der Waals surface area contributed by atoms with Gasteiger partial charge in [-0.05, 0) is 57.1 Å². The van der Waals surface area contributed by atoms with Crippen LogP contribution in [0, 0.1) is 11.8 Å². The number of nitrogens with one attached hydrogen (secondary N) is 3. The number of hydrogen-bond acceptors (Lipinski definition) is 6. The lowest BCUT2D eigenvalue weighted by Crippen LogP contribution is -2.48. The third kappa shape index (κ3) is 10.8. The monoisotopic (exact) mass is 561 g/mol. The smallest absolute Gasteiger partial charge is 0.407 e. The number of carbonyl (C=O) groups is 2. The second-order valence-electron chi connectivity index (χ2n) is 11.6. The number of nitrogens with zero attached hydrogens (tertiary/aromatic N) is 2. The van der Waals surface area contributed by atoms with E-state index in [0.717, 1.165) is 11.1 Å². The number of amides is 2.